The number of likely N-dealkylation sites (N-methyl/N-ethyl adjacent to an activating group) is 1. The molecule has 1 unspecified atom stereocenters. The van der Waals surface area contributed by atoms with E-state index in [1.807, 2.05) is 13.8 Å². The third-order valence-corrected chi connectivity index (χ3v) is 3.86. The number of amides is 2. The van der Waals surface area contributed by atoms with E-state index in [1.165, 1.54) is 0 Å². The summed E-state index contributed by atoms with van der Waals surface area (Å²) in [5, 5.41) is 10.5. The standard InChI is InChI=1S/C15H24N4O4/c1-10(2)13-18-17-11(23-13)5-6-12(20)19-7-8-22-15(3,9-19)14(21)16-4/h10H,5-9H2,1-4H3,(H,16,21). The zero-order chi connectivity index (χ0) is 17.0. The molecule has 1 aromatic rings. The van der Waals surface area contributed by atoms with E-state index in [1.54, 1.807) is 18.9 Å². The summed E-state index contributed by atoms with van der Waals surface area (Å²) in [7, 11) is 1.56. The Labute approximate surface area is 135 Å². The zero-order valence-corrected chi connectivity index (χ0v) is 14.1. The number of ether oxygens (including phenoxy) is 1. The molecule has 1 N–H and O–H groups in total. The molecule has 1 atom stereocenters. The molecule has 1 aliphatic rings. The Morgan fingerprint density at radius 2 is 2.13 bits per heavy atom. The van der Waals surface area contributed by atoms with Crippen molar-refractivity contribution < 1.29 is 18.7 Å². The lowest BCUT2D eigenvalue weighted by Crippen LogP contribution is -2.58. The Balaban J connectivity index is 1.91. The van der Waals surface area contributed by atoms with Crippen molar-refractivity contribution in [1.29, 1.82) is 0 Å². The van der Waals surface area contributed by atoms with E-state index in [0.29, 0.717) is 31.4 Å². The van der Waals surface area contributed by atoms with E-state index in [0.717, 1.165) is 0 Å². The predicted molar refractivity (Wildman–Crippen MR) is 81.7 cm³/mol. The summed E-state index contributed by atoms with van der Waals surface area (Å²) in [5.74, 6) is 0.927. The van der Waals surface area contributed by atoms with Crippen LogP contribution in [-0.2, 0) is 20.7 Å². The maximum Gasteiger partial charge on any atom is 0.253 e. The van der Waals surface area contributed by atoms with Gasteiger partial charge in [0.25, 0.3) is 5.91 Å². The van der Waals surface area contributed by atoms with Gasteiger partial charge in [-0.25, -0.2) is 0 Å². The first kappa shape index (κ1) is 17.4. The van der Waals surface area contributed by atoms with Crippen LogP contribution in [0.5, 0.6) is 0 Å². The topological polar surface area (TPSA) is 97.6 Å². The number of aryl methyl sites for hydroxylation is 1. The third-order valence-electron chi connectivity index (χ3n) is 3.86. The number of nitrogens with zero attached hydrogens (tertiary/aromatic N) is 3. The first-order chi connectivity index (χ1) is 10.9. The van der Waals surface area contributed by atoms with E-state index in [4.69, 9.17) is 9.15 Å². The highest BCUT2D eigenvalue weighted by molar-refractivity contribution is 5.86. The molecule has 2 rings (SSSR count). The molecular formula is C15H24N4O4. The van der Waals surface area contributed by atoms with E-state index in [2.05, 4.69) is 15.5 Å². The van der Waals surface area contributed by atoms with Crippen LogP contribution in [0.25, 0.3) is 0 Å². The maximum absolute atomic E-state index is 12.4. The van der Waals surface area contributed by atoms with Gasteiger partial charge in [0.15, 0.2) is 5.60 Å². The van der Waals surface area contributed by atoms with Gasteiger partial charge in [-0.2, -0.15) is 0 Å². The number of carbonyl (C=O) groups excluding carboxylic acids is 2. The van der Waals surface area contributed by atoms with Crippen LogP contribution in [0, 0.1) is 0 Å². The molecule has 2 heterocycles. The SMILES string of the molecule is CNC(=O)C1(C)CN(C(=O)CCc2nnc(C(C)C)o2)CCO1. The summed E-state index contributed by atoms with van der Waals surface area (Å²) in [4.78, 5) is 25.9. The lowest BCUT2D eigenvalue weighted by molar-refractivity contribution is -0.162. The third kappa shape index (κ3) is 4.07. The number of aromatic nitrogens is 2. The van der Waals surface area contributed by atoms with E-state index >= 15 is 0 Å². The normalized spacial score (nSPS) is 21.5. The fraction of sp³-hybridized carbons (Fsp3) is 0.733. The molecule has 0 aliphatic carbocycles. The second-order valence-corrected chi connectivity index (χ2v) is 6.16. The number of hydrogen-bond donors (Lipinski definition) is 1. The van der Waals surface area contributed by atoms with Crippen LogP contribution in [0.15, 0.2) is 4.42 Å². The largest absolute Gasteiger partial charge is 0.425 e. The van der Waals surface area contributed by atoms with Crippen molar-refractivity contribution in [2.75, 3.05) is 26.7 Å². The average molecular weight is 324 g/mol. The van der Waals surface area contributed by atoms with Crippen molar-refractivity contribution in [3.8, 4) is 0 Å². The number of nitrogens with one attached hydrogen (secondary N) is 1. The number of rotatable bonds is 5. The average Bonchev–Trinajstić information content (AvgIpc) is 3.01. The van der Waals surface area contributed by atoms with Gasteiger partial charge in [0, 0.05) is 32.4 Å². The lowest BCUT2D eigenvalue weighted by atomic mass is 10.0. The van der Waals surface area contributed by atoms with E-state index < -0.39 is 5.60 Å². The summed E-state index contributed by atoms with van der Waals surface area (Å²) in [6.45, 7) is 6.69. The van der Waals surface area contributed by atoms with E-state index in [9.17, 15) is 9.59 Å². The Hall–Kier alpha value is -1.96. The van der Waals surface area contributed by atoms with Crippen molar-refractivity contribution in [3.63, 3.8) is 0 Å². The van der Waals surface area contributed by atoms with Crippen LogP contribution >= 0.6 is 0 Å². The molecule has 0 aromatic carbocycles. The minimum Gasteiger partial charge on any atom is -0.425 e. The molecule has 2 amide bonds. The van der Waals surface area contributed by atoms with Gasteiger partial charge < -0.3 is 19.4 Å². The van der Waals surface area contributed by atoms with Gasteiger partial charge in [0.05, 0.1) is 13.2 Å². The van der Waals surface area contributed by atoms with Crippen molar-refractivity contribution >= 4 is 11.8 Å². The van der Waals surface area contributed by atoms with Gasteiger partial charge in [0.2, 0.25) is 17.7 Å². The van der Waals surface area contributed by atoms with Crippen LogP contribution < -0.4 is 5.32 Å². The highest BCUT2D eigenvalue weighted by Gasteiger charge is 2.40. The molecule has 1 aromatic heterocycles. The summed E-state index contributed by atoms with van der Waals surface area (Å²) < 4.78 is 11.0. The summed E-state index contributed by atoms with van der Waals surface area (Å²) in [5.41, 5.74) is -1.00. The molecule has 1 fully saturated rings. The molecule has 1 aliphatic heterocycles. The molecule has 23 heavy (non-hydrogen) atoms. The zero-order valence-electron chi connectivity index (χ0n) is 14.1. The van der Waals surface area contributed by atoms with Gasteiger partial charge >= 0.3 is 0 Å². The van der Waals surface area contributed by atoms with Crippen molar-refractivity contribution in [2.45, 2.75) is 45.1 Å². The summed E-state index contributed by atoms with van der Waals surface area (Å²) in [6.07, 6.45) is 0.663. The molecule has 8 nitrogen and oxygen atoms in total. The summed E-state index contributed by atoms with van der Waals surface area (Å²) in [6, 6.07) is 0. The molecule has 0 spiro atoms. The van der Waals surface area contributed by atoms with Gasteiger partial charge in [-0.1, -0.05) is 13.8 Å². The Morgan fingerprint density at radius 3 is 2.74 bits per heavy atom. The Morgan fingerprint density at radius 1 is 1.39 bits per heavy atom. The molecular weight excluding hydrogens is 300 g/mol. The highest BCUT2D eigenvalue weighted by atomic mass is 16.5. The Kier molecular flexibility index (Phi) is 5.35. The van der Waals surface area contributed by atoms with Crippen LogP contribution in [0.3, 0.4) is 0 Å². The number of morpholine rings is 1. The lowest BCUT2D eigenvalue weighted by Gasteiger charge is -2.39. The van der Waals surface area contributed by atoms with Crippen LogP contribution in [0.2, 0.25) is 0 Å². The van der Waals surface area contributed by atoms with E-state index in [-0.39, 0.29) is 30.7 Å². The van der Waals surface area contributed by atoms with Gasteiger partial charge in [-0.05, 0) is 6.92 Å². The molecule has 0 radical (unpaired) electrons. The Bertz CT molecular complexity index is 572. The molecule has 8 heteroatoms. The van der Waals surface area contributed by atoms with Crippen LogP contribution in [0.1, 0.15) is 44.9 Å². The quantitative estimate of drug-likeness (QED) is 0.846. The van der Waals surface area contributed by atoms with Crippen molar-refractivity contribution in [3.05, 3.63) is 11.8 Å². The molecule has 0 saturated carbocycles. The molecule has 128 valence electrons. The van der Waals surface area contributed by atoms with Crippen LogP contribution in [0.4, 0.5) is 0 Å². The van der Waals surface area contributed by atoms with Crippen LogP contribution in [-0.4, -0.2) is 59.3 Å². The number of hydrogen-bond acceptors (Lipinski definition) is 6. The molecule has 1 saturated heterocycles. The first-order valence-electron chi connectivity index (χ1n) is 7.82. The highest BCUT2D eigenvalue weighted by Crippen LogP contribution is 2.19. The monoisotopic (exact) mass is 324 g/mol. The van der Waals surface area contributed by atoms with Crippen molar-refractivity contribution in [1.82, 2.24) is 20.4 Å². The van der Waals surface area contributed by atoms with Gasteiger partial charge in [-0.15, -0.1) is 10.2 Å². The van der Waals surface area contributed by atoms with Gasteiger partial charge in [-0.3, -0.25) is 9.59 Å². The smallest absolute Gasteiger partial charge is 0.253 e. The fourth-order valence-corrected chi connectivity index (χ4v) is 2.46. The van der Waals surface area contributed by atoms with Gasteiger partial charge in [0.1, 0.15) is 0 Å². The minimum atomic E-state index is -1.00. The number of carbonyl (C=O) groups is 2. The maximum atomic E-state index is 12.4. The second kappa shape index (κ2) is 7.08. The van der Waals surface area contributed by atoms with Crippen molar-refractivity contribution in [2.24, 2.45) is 0 Å². The first-order valence-corrected chi connectivity index (χ1v) is 7.82. The second-order valence-electron chi connectivity index (χ2n) is 6.16. The predicted octanol–water partition coefficient (Wildman–Crippen LogP) is 0.489. The fourth-order valence-electron chi connectivity index (χ4n) is 2.46. The molecule has 0 bridgehead atoms. The minimum absolute atomic E-state index is 0.0484. The summed E-state index contributed by atoms with van der Waals surface area (Å²) >= 11 is 0.